The molecule has 0 aliphatic heterocycles. The Morgan fingerprint density at radius 2 is 0.869 bits per heavy atom. The zero-order valence-corrected chi connectivity index (χ0v) is 35.7. The predicted molar refractivity (Wildman–Crippen MR) is 260 cm³/mol. The van der Waals surface area contributed by atoms with E-state index < -0.39 is 0 Å². The first-order chi connectivity index (χ1) is 29.7. The van der Waals surface area contributed by atoms with Gasteiger partial charge < -0.3 is 9.47 Å². The Labute approximate surface area is 359 Å². The van der Waals surface area contributed by atoms with E-state index in [9.17, 15) is 0 Å². The van der Waals surface area contributed by atoms with Crippen molar-refractivity contribution in [3.8, 4) is 39.1 Å². The van der Waals surface area contributed by atoms with Crippen molar-refractivity contribution in [2.45, 2.75) is 47.0 Å². The molecule has 0 atom stereocenters. The minimum Gasteiger partial charge on any atom is -0.310 e. The normalized spacial score (nSPS) is 12.9. The molecule has 0 N–H and O–H groups in total. The lowest BCUT2D eigenvalue weighted by Crippen LogP contribution is -2.17. The minimum absolute atomic E-state index is 0.267. The molecular formula is C59H48N2. The molecule has 11 rings (SSSR count). The minimum atomic E-state index is -0.267. The summed E-state index contributed by atoms with van der Waals surface area (Å²) in [5, 5.41) is 5.04. The van der Waals surface area contributed by atoms with Crippen molar-refractivity contribution >= 4 is 49.6 Å². The summed E-state index contributed by atoms with van der Waals surface area (Å²) >= 11 is 0. The molecule has 0 saturated carbocycles. The number of anilines is 3. The molecule has 0 fully saturated rings. The third-order valence-corrected chi connectivity index (χ3v) is 13.6. The summed E-state index contributed by atoms with van der Waals surface area (Å²) in [5.41, 5.74) is 22.3. The average Bonchev–Trinajstić information content (AvgIpc) is 3.73. The van der Waals surface area contributed by atoms with E-state index in [4.69, 9.17) is 0 Å². The molecule has 1 aliphatic rings. The van der Waals surface area contributed by atoms with Gasteiger partial charge in [0.05, 0.1) is 16.7 Å². The van der Waals surface area contributed by atoms with Gasteiger partial charge >= 0.3 is 0 Å². The van der Waals surface area contributed by atoms with Gasteiger partial charge in [-0.05, 0) is 167 Å². The van der Waals surface area contributed by atoms with Crippen LogP contribution in [0, 0.1) is 27.7 Å². The van der Waals surface area contributed by atoms with E-state index in [0.29, 0.717) is 0 Å². The van der Waals surface area contributed by atoms with E-state index in [1.165, 1.54) is 122 Å². The largest absolute Gasteiger partial charge is 0.310 e. The van der Waals surface area contributed by atoms with Gasteiger partial charge in [0.25, 0.3) is 0 Å². The second kappa shape index (κ2) is 14.0. The van der Waals surface area contributed by atoms with Gasteiger partial charge in [0, 0.05) is 38.6 Å². The molecule has 0 unspecified atom stereocenters. The Hall–Kier alpha value is -7.16. The van der Waals surface area contributed by atoms with Gasteiger partial charge in [0.1, 0.15) is 0 Å². The van der Waals surface area contributed by atoms with E-state index in [1.807, 2.05) is 0 Å². The lowest BCUT2D eigenvalue weighted by atomic mass is 9.81. The van der Waals surface area contributed by atoms with Crippen LogP contribution >= 0.6 is 0 Å². The highest BCUT2D eigenvalue weighted by molar-refractivity contribution is 6.14. The van der Waals surface area contributed by atoms with Crippen LogP contribution in [0.3, 0.4) is 0 Å². The first-order valence-corrected chi connectivity index (χ1v) is 21.5. The van der Waals surface area contributed by atoms with Crippen molar-refractivity contribution in [3.05, 3.63) is 215 Å². The molecule has 0 radical (unpaired) electrons. The first kappa shape index (κ1) is 36.9. The molecule has 0 spiro atoms. The van der Waals surface area contributed by atoms with E-state index >= 15 is 0 Å². The van der Waals surface area contributed by atoms with Crippen molar-refractivity contribution in [3.63, 3.8) is 0 Å². The standard InChI is InChI=1S/C59H48N2/c1-37-21-25-45(31-39(37)3)60(46-26-22-38(2)40(4)32-46)47-27-28-50-53(35-47)59(5,6)54-36-57(48-19-13-14-20-49(48)58(50)54)61-55-29-23-43(41-15-9-7-10-16-41)33-51(55)52-34-44(24-30-56(52)61)42-17-11-8-12-18-42/h7-36H,1-6H3. The molecule has 61 heavy (non-hydrogen) atoms. The summed E-state index contributed by atoms with van der Waals surface area (Å²) in [7, 11) is 0. The topological polar surface area (TPSA) is 8.17 Å². The van der Waals surface area contributed by atoms with E-state index in [2.05, 4.69) is 233 Å². The number of aromatic nitrogens is 1. The Morgan fingerprint density at radius 3 is 1.41 bits per heavy atom. The zero-order chi connectivity index (χ0) is 41.6. The fourth-order valence-corrected chi connectivity index (χ4v) is 9.96. The van der Waals surface area contributed by atoms with Crippen LogP contribution in [0.25, 0.3) is 71.6 Å². The Balaban J connectivity index is 1.13. The number of rotatable bonds is 6. The van der Waals surface area contributed by atoms with Crippen LogP contribution in [0.1, 0.15) is 47.2 Å². The van der Waals surface area contributed by atoms with E-state index in [0.717, 1.165) is 0 Å². The van der Waals surface area contributed by atoms with Gasteiger partial charge in [-0.2, -0.15) is 0 Å². The summed E-state index contributed by atoms with van der Waals surface area (Å²) < 4.78 is 2.53. The maximum atomic E-state index is 2.53. The third kappa shape index (κ3) is 5.85. The van der Waals surface area contributed by atoms with Crippen molar-refractivity contribution in [2.24, 2.45) is 0 Å². The van der Waals surface area contributed by atoms with Gasteiger partial charge in [-0.15, -0.1) is 0 Å². The fourth-order valence-electron chi connectivity index (χ4n) is 9.96. The SMILES string of the molecule is Cc1ccc(N(c2ccc(C)c(C)c2)c2ccc3c(c2)C(C)(C)c2cc(-n4c5ccc(-c6ccccc6)cc5c5cc(-c6ccccc6)ccc54)c4ccccc4c2-3)cc1C. The number of hydrogen-bond acceptors (Lipinski definition) is 1. The molecule has 2 nitrogen and oxygen atoms in total. The Bertz CT molecular complexity index is 3220. The smallest absolute Gasteiger partial charge is 0.0544 e. The molecule has 1 heterocycles. The molecule has 1 aromatic heterocycles. The molecule has 1 aliphatic carbocycles. The molecule has 0 amide bonds. The monoisotopic (exact) mass is 784 g/mol. The summed E-state index contributed by atoms with van der Waals surface area (Å²) in [5.74, 6) is 0. The second-order valence-electron chi connectivity index (χ2n) is 17.6. The predicted octanol–water partition coefficient (Wildman–Crippen LogP) is 16.3. The van der Waals surface area contributed by atoms with Gasteiger partial charge in [0.2, 0.25) is 0 Å². The van der Waals surface area contributed by atoms with Gasteiger partial charge in [0.15, 0.2) is 0 Å². The van der Waals surface area contributed by atoms with Crippen molar-refractivity contribution in [2.75, 3.05) is 4.90 Å². The zero-order valence-electron chi connectivity index (χ0n) is 35.7. The van der Waals surface area contributed by atoms with Crippen LogP contribution in [0.2, 0.25) is 0 Å². The van der Waals surface area contributed by atoms with Crippen LogP contribution in [0.4, 0.5) is 17.1 Å². The number of hydrogen-bond donors (Lipinski definition) is 0. The van der Waals surface area contributed by atoms with Crippen LogP contribution < -0.4 is 4.90 Å². The molecule has 2 heteroatoms. The third-order valence-electron chi connectivity index (χ3n) is 13.6. The van der Waals surface area contributed by atoms with Crippen molar-refractivity contribution in [1.29, 1.82) is 0 Å². The van der Waals surface area contributed by atoms with Crippen LogP contribution in [0.15, 0.2) is 182 Å². The number of aryl methyl sites for hydroxylation is 4. The van der Waals surface area contributed by atoms with Gasteiger partial charge in [-0.25, -0.2) is 0 Å². The lowest BCUT2D eigenvalue weighted by Gasteiger charge is -2.29. The molecule has 0 bridgehead atoms. The molecular weight excluding hydrogens is 737 g/mol. The summed E-state index contributed by atoms with van der Waals surface area (Å²) in [6.45, 7) is 13.6. The molecule has 10 aromatic rings. The van der Waals surface area contributed by atoms with Crippen LogP contribution in [-0.2, 0) is 5.41 Å². The van der Waals surface area contributed by atoms with Crippen molar-refractivity contribution in [1.82, 2.24) is 4.57 Å². The quantitative estimate of drug-likeness (QED) is 0.163. The molecule has 9 aromatic carbocycles. The highest BCUT2D eigenvalue weighted by Gasteiger charge is 2.38. The summed E-state index contributed by atoms with van der Waals surface area (Å²) in [6.07, 6.45) is 0. The summed E-state index contributed by atoms with van der Waals surface area (Å²) in [4.78, 5) is 2.44. The Kier molecular flexibility index (Phi) is 8.44. The van der Waals surface area contributed by atoms with Crippen LogP contribution in [0.5, 0.6) is 0 Å². The Morgan fingerprint density at radius 1 is 0.377 bits per heavy atom. The second-order valence-corrected chi connectivity index (χ2v) is 17.6. The van der Waals surface area contributed by atoms with Crippen molar-refractivity contribution < 1.29 is 0 Å². The van der Waals surface area contributed by atoms with Gasteiger partial charge in [-0.3, -0.25) is 0 Å². The van der Waals surface area contributed by atoms with Gasteiger partial charge in [-0.1, -0.05) is 129 Å². The fraction of sp³-hybridized carbons (Fsp3) is 0.119. The number of nitrogens with zero attached hydrogens (tertiary/aromatic N) is 2. The maximum Gasteiger partial charge on any atom is 0.0544 e. The highest BCUT2D eigenvalue weighted by atomic mass is 15.1. The first-order valence-electron chi connectivity index (χ1n) is 21.5. The van der Waals surface area contributed by atoms with E-state index in [-0.39, 0.29) is 5.41 Å². The average molecular weight is 785 g/mol. The maximum absolute atomic E-state index is 2.53. The van der Waals surface area contributed by atoms with Crippen LogP contribution in [-0.4, -0.2) is 4.57 Å². The highest BCUT2D eigenvalue weighted by Crippen LogP contribution is 2.54. The lowest BCUT2D eigenvalue weighted by molar-refractivity contribution is 0.660. The molecule has 0 saturated heterocycles. The summed E-state index contributed by atoms with van der Waals surface area (Å²) in [6, 6.07) is 68.0. The van der Waals surface area contributed by atoms with E-state index in [1.54, 1.807) is 0 Å². The number of fused-ring (bicyclic) bond motifs is 8. The number of benzene rings is 9. The molecule has 294 valence electrons.